The second kappa shape index (κ2) is 7.84. The van der Waals surface area contributed by atoms with Crippen molar-refractivity contribution in [1.29, 1.82) is 0 Å². The molecule has 1 fully saturated rings. The third-order valence-electron chi connectivity index (χ3n) is 4.03. The first-order valence-corrected chi connectivity index (χ1v) is 9.65. The fourth-order valence-corrected chi connectivity index (χ4v) is 3.73. The average Bonchev–Trinajstić information content (AvgIpc) is 2.64. The lowest BCUT2D eigenvalue weighted by atomic mass is 10.1. The van der Waals surface area contributed by atoms with E-state index in [0.29, 0.717) is 32.0 Å². The van der Waals surface area contributed by atoms with Crippen molar-refractivity contribution in [2.45, 2.75) is 11.3 Å². The Morgan fingerprint density at radius 2 is 1.81 bits per heavy atom. The van der Waals surface area contributed by atoms with E-state index in [9.17, 15) is 17.6 Å². The van der Waals surface area contributed by atoms with Gasteiger partial charge in [-0.2, -0.15) is 0 Å². The molecule has 3 rings (SSSR count). The monoisotopic (exact) mass is 378 g/mol. The smallest absolute Gasteiger partial charge is 0.261 e. The fraction of sp³-hybridized carbons (Fsp3) is 0.278. The number of sulfonamides is 1. The Hall–Kier alpha value is -2.45. The summed E-state index contributed by atoms with van der Waals surface area (Å²) in [6.07, 6.45) is 0.247. The molecule has 0 unspecified atom stereocenters. The van der Waals surface area contributed by atoms with E-state index in [4.69, 9.17) is 4.74 Å². The van der Waals surface area contributed by atoms with Crippen molar-refractivity contribution in [2.75, 3.05) is 31.0 Å². The van der Waals surface area contributed by atoms with Gasteiger partial charge in [0.15, 0.2) is 0 Å². The van der Waals surface area contributed by atoms with Crippen molar-refractivity contribution in [3.8, 4) is 0 Å². The predicted molar refractivity (Wildman–Crippen MR) is 94.8 cm³/mol. The molecule has 1 amide bonds. The number of nitrogens with zero attached hydrogens (tertiary/aromatic N) is 1. The van der Waals surface area contributed by atoms with Crippen molar-refractivity contribution in [3.63, 3.8) is 0 Å². The first kappa shape index (κ1) is 18.3. The number of ether oxygens (including phenoxy) is 1. The van der Waals surface area contributed by atoms with Crippen LogP contribution in [0.3, 0.4) is 0 Å². The summed E-state index contributed by atoms with van der Waals surface area (Å²) < 4.78 is 45.4. The maximum atomic E-state index is 13.2. The number of morpholine rings is 1. The minimum atomic E-state index is -3.87. The van der Waals surface area contributed by atoms with Gasteiger partial charge in [-0.3, -0.25) is 9.52 Å². The van der Waals surface area contributed by atoms with Gasteiger partial charge in [0, 0.05) is 18.8 Å². The number of rotatable bonds is 5. The molecule has 2 aromatic rings. The van der Waals surface area contributed by atoms with Crippen LogP contribution in [-0.4, -0.2) is 45.5 Å². The Morgan fingerprint density at radius 1 is 1.12 bits per heavy atom. The van der Waals surface area contributed by atoms with E-state index in [0.717, 1.165) is 11.6 Å². The molecule has 26 heavy (non-hydrogen) atoms. The maximum absolute atomic E-state index is 13.2. The lowest BCUT2D eigenvalue weighted by molar-refractivity contribution is -0.134. The summed E-state index contributed by atoms with van der Waals surface area (Å²) in [7, 11) is -3.87. The molecule has 0 radical (unpaired) electrons. The van der Waals surface area contributed by atoms with Gasteiger partial charge < -0.3 is 9.64 Å². The molecule has 6 nitrogen and oxygen atoms in total. The van der Waals surface area contributed by atoms with Gasteiger partial charge in [-0.15, -0.1) is 0 Å². The van der Waals surface area contributed by atoms with Crippen LogP contribution in [0.5, 0.6) is 0 Å². The number of anilines is 1. The zero-order valence-electron chi connectivity index (χ0n) is 14.0. The summed E-state index contributed by atoms with van der Waals surface area (Å²) >= 11 is 0. The van der Waals surface area contributed by atoms with E-state index in [1.54, 1.807) is 29.2 Å². The summed E-state index contributed by atoms with van der Waals surface area (Å²) in [5.41, 5.74) is 1.13. The fourth-order valence-electron chi connectivity index (χ4n) is 2.64. The minimum absolute atomic E-state index is 0.0152. The second-order valence-electron chi connectivity index (χ2n) is 5.93. The Labute approximate surface area is 151 Å². The molecule has 1 aliphatic rings. The third-order valence-corrected chi connectivity index (χ3v) is 5.41. The first-order valence-electron chi connectivity index (χ1n) is 8.17. The number of benzene rings is 2. The second-order valence-corrected chi connectivity index (χ2v) is 7.61. The van der Waals surface area contributed by atoms with Crippen LogP contribution in [0.4, 0.5) is 10.1 Å². The number of carbonyl (C=O) groups is 1. The largest absolute Gasteiger partial charge is 0.378 e. The number of carbonyl (C=O) groups excluding carboxylic acids is 1. The van der Waals surface area contributed by atoms with Crippen LogP contribution < -0.4 is 4.72 Å². The van der Waals surface area contributed by atoms with Gasteiger partial charge in [0.1, 0.15) is 5.82 Å². The molecule has 0 aliphatic carbocycles. The quantitative estimate of drug-likeness (QED) is 0.864. The Bertz CT molecular complexity index is 878. The van der Waals surface area contributed by atoms with Crippen molar-refractivity contribution in [2.24, 2.45) is 0 Å². The highest BCUT2D eigenvalue weighted by Crippen LogP contribution is 2.18. The van der Waals surface area contributed by atoms with Crippen LogP contribution in [0.15, 0.2) is 53.4 Å². The van der Waals surface area contributed by atoms with Gasteiger partial charge in [0.2, 0.25) is 5.91 Å². The molecular formula is C18H19FN2O4S. The van der Waals surface area contributed by atoms with Gasteiger partial charge in [-0.1, -0.05) is 18.2 Å². The van der Waals surface area contributed by atoms with Crippen LogP contribution in [0.25, 0.3) is 0 Å². The molecule has 2 aromatic carbocycles. The zero-order valence-corrected chi connectivity index (χ0v) is 14.8. The Balaban J connectivity index is 1.65. The van der Waals surface area contributed by atoms with E-state index >= 15 is 0 Å². The van der Waals surface area contributed by atoms with Crippen molar-refractivity contribution in [1.82, 2.24) is 4.90 Å². The third kappa shape index (κ3) is 4.59. The summed E-state index contributed by atoms with van der Waals surface area (Å²) in [4.78, 5) is 13.8. The lowest BCUT2D eigenvalue weighted by Crippen LogP contribution is -2.41. The Kier molecular flexibility index (Phi) is 5.53. The molecule has 0 atom stereocenters. The first-order chi connectivity index (χ1) is 12.4. The highest BCUT2D eigenvalue weighted by molar-refractivity contribution is 7.92. The maximum Gasteiger partial charge on any atom is 0.261 e. The highest BCUT2D eigenvalue weighted by Gasteiger charge is 2.18. The number of amides is 1. The topological polar surface area (TPSA) is 75.7 Å². The van der Waals surface area contributed by atoms with Gasteiger partial charge in [-0.25, -0.2) is 12.8 Å². The van der Waals surface area contributed by atoms with E-state index in [1.807, 2.05) is 0 Å². The molecule has 0 spiro atoms. The molecule has 0 bridgehead atoms. The van der Waals surface area contributed by atoms with Crippen LogP contribution in [-0.2, 0) is 26.0 Å². The SMILES string of the molecule is O=C(Cc1ccc(NS(=O)(=O)c2cccc(F)c2)cc1)N1CCOCC1. The zero-order chi connectivity index (χ0) is 18.6. The van der Waals surface area contributed by atoms with Crippen LogP contribution in [0, 0.1) is 5.82 Å². The Morgan fingerprint density at radius 3 is 2.46 bits per heavy atom. The van der Waals surface area contributed by atoms with E-state index in [2.05, 4.69) is 4.72 Å². The summed E-state index contributed by atoms with van der Waals surface area (Å²) in [5, 5.41) is 0. The van der Waals surface area contributed by atoms with E-state index < -0.39 is 15.8 Å². The predicted octanol–water partition coefficient (Wildman–Crippen LogP) is 2.03. The average molecular weight is 378 g/mol. The lowest BCUT2D eigenvalue weighted by Gasteiger charge is -2.26. The van der Waals surface area contributed by atoms with Crippen LogP contribution >= 0.6 is 0 Å². The normalized spacial score (nSPS) is 14.9. The van der Waals surface area contributed by atoms with Gasteiger partial charge in [0.25, 0.3) is 10.0 Å². The van der Waals surface area contributed by atoms with E-state index in [1.165, 1.54) is 18.2 Å². The van der Waals surface area contributed by atoms with Crippen molar-refractivity contribution < 1.29 is 22.3 Å². The molecule has 138 valence electrons. The summed E-state index contributed by atoms with van der Waals surface area (Å²) in [5.74, 6) is -0.605. The minimum Gasteiger partial charge on any atom is -0.378 e. The summed E-state index contributed by atoms with van der Waals surface area (Å²) in [6.45, 7) is 2.27. The number of hydrogen-bond donors (Lipinski definition) is 1. The summed E-state index contributed by atoms with van der Waals surface area (Å²) in [6, 6.07) is 11.4. The number of hydrogen-bond acceptors (Lipinski definition) is 4. The molecule has 1 heterocycles. The number of halogens is 1. The van der Waals surface area contributed by atoms with Gasteiger partial charge >= 0.3 is 0 Å². The van der Waals surface area contributed by atoms with Crippen LogP contribution in [0.1, 0.15) is 5.56 Å². The molecule has 1 saturated heterocycles. The molecule has 8 heteroatoms. The molecular weight excluding hydrogens is 359 g/mol. The van der Waals surface area contributed by atoms with Gasteiger partial charge in [0.05, 0.1) is 24.5 Å². The molecule has 1 aliphatic heterocycles. The number of nitrogens with one attached hydrogen (secondary N) is 1. The van der Waals surface area contributed by atoms with E-state index in [-0.39, 0.29) is 17.2 Å². The van der Waals surface area contributed by atoms with Gasteiger partial charge in [-0.05, 0) is 35.9 Å². The van der Waals surface area contributed by atoms with Crippen molar-refractivity contribution >= 4 is 21.6 Å². The standard InChI is InChI=1S/C18H19FN2O4S/c19-15-2-1-3-17(13-15)26(23,24)20-16-6-4-14(5-7-16)12-18(22)21-8-10-25-11-9-21/h1-7,13,20H,8-12H2. The molecule has 1 N–H and O–H groups in total. The van der Waals surface area contributed by atoms with Crippen molar-refractivity contribution in [3.05, 3.63) is 59.9 Å². The van der Waals surface area contributed by atoms with Crippen LogP contribution in [0.2, 0.25) is 0 Å². The molecule has 0 saturated carbocycles. The highest BCUT2D eigenvalue weighted by atomic mass is 32.2. The molecule has 0 aromatic heterocycles.